The second kappa shape index (κ2) is 7.45. The number of benzene rings is 1. The largest absolute Gasteiger partial charge is 0.345 e. The third-order valence-electron chi connectivity index (χ3n) is 3.97. The Labute approximate surface area is 146 Å². The molecule has 3 rings (SSSR count). The molecule has 0 saturated carbocycles. The number of imidazole rings is 1. The van der Waals surface area contributed by atoms with E-state index < -0.39 is 0 Å². The maximum Gasteiger partial charge on any atom is 0.224 e. The van der Waals surface area contributed by atoms with Gasteiger partial charge in [0.1, 0.15) is 0 Å². The molecule has 3 aromatic rings. The maximum atomic E-state index is 12.1. The van der Waals surface area contributed by atoms with E-state index in [1.54, 1.807) is 12.5 Å². The molecule has 2 N–H and O–H groups in total. The van der Waals surface area contributed by atoms with Crippen LogP contribution in [0, 0.1) is 13.8 Å². The molecule has 0 radical (unpaired) electrons. The zero-order chi connectivity index (χ0) is 16.9. The molecule has 0 fully saturated rings. The predicted octanol–water partition coefficient (Wildman–Crippen LogP) is 4.72. The molecule has 124 valence electrons. The lowest BCUT2D eigenvalue weighted by Gasteiger charge is -2.06. The van der Waals surface area contributed by atoms with Crippen molar-refractivity contribution in [3.63, 3.8) is 0 Å². The summed E-state index contributed by atoms with van der Waals surface area (Å²) in [5.74, 6) is 0.0638. The molecule has 5 heteroatoms. The number of aromatic amines is 1. The molecular formula is C19H21N3OS. The summed E-state index contributed by atoms with van der Waals surface area (Å²) in [5, 5.41) is 2.96. The van der Waals surface area contributed by atoms with Crippen molar-refractivity contribution in [2.45, 2.75) is 33.1 Å². The number of H-pyrrole nitrogens is 1. The van der Waals surface area contributed by atoms with Crippen LogP contribution >= 0.6 is 11.3 Å². The molecule has 0 aliphatic rings. The van der Waals surface area contributed by atoms with Crippen LogP contribution in [0.2, 0.25) is 0 Å². The number of anilines is 1. The summed E-state index contributed by atoms with van der Waals surface area (Å²) >= 11 is 1.82. The minimum Gasteiger partial charge on any atom is -0.345 e. The first-order valence-corrected chi connectivity index (χ1v) is 8.88. The van der Waals surface area contributed by atoms with Gasteiger partial charge >= 0.3 is 0 Å². The van der Waals surface area contributed by atoms with Crippen molar-refractivity contribution in [2.75, 3.05) is 5.32 Å². The van der Waals surface area contributed by atoms with Crippen molar-refractivity contribution < 1.29 is 4.79 Å². The molecule has 0 unspecified atom stereocenters. The van der Waals surface area contributed by atoms with Gasteiger partial charge in [0, 0.05) is 21.9 Å². The monoisotopic (exact) mass is 339 g/mol. The zero-order valence-electron chi connectivity index (χ0n) is 13.9. The van der Waals surface area contributed by atoms with Crippen LogP contribution in [0.5, 0.6) is 0 Å². The van der Waals surface area contributed by atoms with Crippen LogP contribution in [0.3, 0.4) is 0 Å². The Hall–Kier alpha value is -2.40. The fourth-order valence-electron chi connectivity index (χ4n) is 2.74. The van der Waals surface area contributed by atoms with Crippen LogP contribution in [0.25, 0.3) is 11.3 Å². The van der Waals surface area contributed by atoms with Crippen molar-refractivity contribution in [3.05, 3.63) is 58.2 Å². The van der Waals surface area contributed by atoms with E-state index in [9.17, 15) is 4.79 Å². The summed E-state index contributed by atoms with van der Waals surface area (Å²) in [7, 11) is 0. The van der Waals surface area contributed by atoms with Crippen LogP contribution in [0.1, 0.15) is 28.2 Å². The van der Waals surface area contributed by atoms with Gasteiger partial charge in [0.15, 0.2) is 0 Å². The van der Waals surface area contributed by atoms with Gasteiger partial charge in [-0.05, 0) is 56.0 Å². The Morgan fingerprint density at radius 1 is 1.25 bits per heavy atom. The standard InChI is InChI=1S/C19H21N3OS/c1-13-10-16(14(2)24-13)4-3-5-19(23)22-17-8-6-15(7-9-17)18-11-20-12-21-18/h6-12H,3-5H2,1-2H3,(H,20,21)(H,22,23). The number of aromatic nitrogens is 2. The van der Waals surface area contributed by atoms with Crippen molar-refractivity contribution >= 4 is 22.9 Å². The molecule has 0 atom stereocenters. The normalized spacial score (nSPS) is 10.8. The van der Waals surface area contributed by atoms with Crippen molar-refractivity contribution in [2.24, 2.45) is 0 Å². The molecule has 24 heavy (non-hydrogen) atoms. The van der Waals surface area contributed by atoms with E-state index in [1.807, 2.05) is 35.6 Å². The lowest BCUT2D eigenvalue weighted by atomic mass is 10.1. The van der Waals surface area contributed by atoms with E-state index in [1.165, 1.54) is 15.3 Å². The van der Waals surface area contributed by atoms with E-state index in [2.05, 4.69) is 35.2 Å². The number of hydrogen-bond acceptors (Lipinski definition) is 3. The molecule has 0 aliphatic carbocycles. The molecule has 0 saturated heterocycles. The molecule has 2 aromatic heterocycles. The Bertz CT molecular complexity index is 804. The molecule has 1 aromatic carbocycles. The van der Waals surface area contributed by atoms with E-state index in [0.29, 0.717) is 6.42 Å². The number of hydrogen-bond donors (Lipinski definition) is 2. The molecule has 0 bridgehead atoms. The predicted molar refractivity (Wildman–Crippen MR) is 99.4 cm³/mol. The van der Waals surface area contributed by atoms with Crippen LogP contribution in [0.15, 0.2) is 42.9 Å². The fourth-order valence-corrected chi connectivity index (χ4v) is 3.72. The highest BCUT2D eigenvalue weighted by Crippen LogP contribution is 2.22. The highest BCUT2D eigenvalue weighted by Gasteiger charge is 2.06. The lowest BCUT2D eigenvalue weighted by molar-refractivity contribution is -0.116. The average molecular weight is 339 g/mol. The number of carbonyl (C=O) groups is 1. The fraction of sp³-hybridized carbons (Fsp3) is 0.263. The van der Waals surface area contributed by atoms with Crippen molar-refractivity contribution in [1.29, 1.82) is 0 Å². The highest BCUT2D eigenvalue weighted by atomic mass is 32.1. The van der Waals surface area contributed by atoms with Gasteiger partial charge in [-0.15, -0.1) is 11.3 Å². The van der Waals surface area contributed by atoms with Gasteiger partial charge < -0.3 is 10.3 Å². The third-order valence-corrected chi connectivity index (χ3v) is 4.98. The third kappa shape index (κ3) is 4.11. The second-order valence-electron chi connectivity index (χ2n) is 5.88. The van der Waals surface area contributed by atoms with Gasteiger partial charge in [-0.3, -0.25) is 4.79 Å². The minimum absolute atomic E-state index is 0.0638. The smallest absolute Gasteiger partial charge is 0.224 e. The van der Waals surface area contributed by atoms with Crippen LogP contribution < -0.4 is 5.32 Å². The Balaban J connectivity index is 1.49. The Morgan fingerprint density at radius 3 is 2.67 bits per heavy atom. The zero-order valence-corrected chi connectivity index (χ0v) is 14.7. The second-order valence-corrected chi connectivity index (χ2v) is 7.34. The number of amides is 1. The van der Waals surface area contributed by atoms with Gasteiger partial charge in [0.05, 0.1) is 18.2 Å². The van der Waals surface area contributed by atoms with E-state index >= 15 is 0 Å². The highest BCUT2D eigenvalue weighted by molar-refractivity contribution is 7.12. The number of nitrogens with one attached hydrogen (secondary N) is 2. The first-order chi connectivity index (χ1) is 11.6. The molecule has 0 spiro atoms. The number of aryl methyl sites for hydroxylation is 3. The average Bonchev–Trinajstić information content (AvgIpc) is 3.18. The number of rotatable bonds is 6. The minimum atomic E-state index is 0.0638. The van der Waals surface area contributed by atoms with Gasteiger partial charge in [-0.1, -0.05) is 12.1 Å². The van der Waals surface area contributed by atoms with Crippen molar-refractivity contribution in [3.8, 4) is 11.3 Å². The Morgan fingerprint density at radius 2 is 2.04 bits per heavy atom. The van der Waals surface area contributed by atoms with E-state index in [4.69, 9.17) is 0 Å². The Kier molecular flexibility index (Phi) is 5.11. The molecule has 1 amide bonds. The first kappa shape index (κ1) is 16.5. The number of carbonyl (C=O) groups excluding carboxylic acids is 1. The van der Waals surface area contributed by atoms with Crippen LogP contribution in [-0.2, 0) is 11.2 Å². The summed E-state index contributed by atoms with van der Waals surface area (Å²) in [5.41, 5.74) is 4.21. The summed E-state index contributed by atoms with van der Waals surface area (Å²) < 4.78 is 0. The van der Waals surface area contributed by atoms with Gasteiger partial charge in [0.25, 0.3) is 0 Å². The number of nitrogens with zero attached hydrogens (tertiary/aromatic N) is 1. The topological polar surface area (TPSA) is 57.8 Å². The first-order valence-electron chi connectivity index (χ1n) is 8.06. The van der Waals surface area contributed by atoms with Crippen LogP contribution in [0.4, 0.5) is 5.69 Å². The molecular weight excluding hydrogens is 318 g/mol. The molecule has 4 nitrogen and oxygen atoms in total. The molecule has 2 heterocycles. The maximum absolute atomic E-state index is 12.1. The van der Waals surface area contributed by atoms with Gasteiger partial charge in [-0.2, -0.15) is 0 Å². The van der Waals surface area contributed by atoms with E-state index in [-0.39, 0.29) is 5.91 Å². The lowest BCUT2D eigenvalue weighted by Crippen LogP contribution is -2.11. The summed E-state index contributed by atoms with van der Waals surface area (Å²) in [6.45, 7) is 4.27. The quantitative estimate of drug-likeness (QED) is 0.683. The summed E-state index contributed by atoms with van der Waals surface area (Å²) in [6, 6.07) is 10.0. The van der Waals surface area contributed by atoms with Gasteiger partial charge in [-0.25, -0.2) is 4.98 Å². The summed E-state index contributed by atoms with van der Waals surface area (Å²) in [4.78, 5) is 21.9. The van der Waals surface area contributed by atoms with E-state index in [0.717, 1.165) is 29.8 Å². The molecule has 0 aliphatic heterocycles. The number of thiophene rings is 1. The van der Waals surface area contributed by atoms with Gasteiger partial charge in [0.2, 0.25) is 5.91 Å². The summed E-state index contributed by atoms with van der Waals surface area (Å²) in [6.07, 6.45) is 5.80. The van der Waals surface area contributed by atoms with Crippen LogP contribution in [-0.4, -0.2) is 15.9 Å². The van der Waals surface area contributed by atoms with Crippen molar-refractivity contribution in [1.82, 2.24) is 9.97 Å². The SMILES string of the molecule is Cc1cc(CCCC(=O)Nc2ccc(-c3cnc[nH]3)cc2)c(C)s1.